The van der Waals surface area contributed by atoms with E-state index < -0.39 is 43.3 Å². The van der Waals surface area contributed by atoms with Crippen molar-refractivity contribution in [3.63, 3.8) is 0 Å². The van der Waals surface area contributed by atoms with E-state index in [1.807, 2.05) is 9.62 Å². The molecule has 0 amide bonds. The van der Waals surface area contributed by atoms with Gasteiger partial charge >= 0.3 is 0 Å². The third-order valence-electron chi connectivity index (χ3n) is 7.37. The minimum atomic E-state index is -4.73. The number of fused-ring (bicyclic) bond motifs is 1. The summed E-state index contributed by atoms with van der Waals surface area (Å²) in [7, 11) is -2.65. The normalized spacial score (nSPS) is 24.6. The number of benzene rings is 1. The molecule has 5 rings (SSSR count). The van der Waals surface area contributed by atoms with Crippen LogP contribution >= 0.6 is 11.6 Å². The zero-order chi connectivity index (χ0) is 22.9. The summed E-state index contributed by atoms with van der Waals surface area (Å²) in [6.07, 6.45) is 3.13. The summed E-state index contributed by atoms with van der Waals surface area (Å²) in [4.78, 5) is 6.27. The average molecular weight is 487 g/mol. The summed E-state index contributed by atoms with van der Waals surface area (Å²) in [5.74, 6) is -3.98. The second-order valence-electron chi connectivity index (χ2n) is 9.19. The molecule has 3 heterocycles. The van der Waals surface area contributed by atoms with E-state index in [0.717, 1.165) is 44.5 Å². The van der Waals surface area contributed by atoms with Gasteiger partial charge in [0.1, 0.15) is 16.7 Å². The van der Waals surface area contributed by atoms with E-state index in [1.165, 1.54) is 12.1 Å². The smallest absolute Gasteiger partial charge is 0.268 e. The summed E-state index contributed by atoms with van der Waals surface area (Å²) < 4.78 is 70.5. The van der Waals surface area contributed by atoms with Crippen LogP contribution in [0.15, 0.2) is 29.2 Å². The highest BCUT2D eigenvalue weighted by Gasteiger charge is 2.65. The largest absolute Gasteiger partial charge is 0.370 e. The maximum Gasteiger partial charge on any atom is 0.268 e. The summed E-state index contributed by atoms with van der Waals surface area (Å²) >= 11 is 6.22. The van der Waals surface area contributed by atoms with Gasteiger partial charge in [0.15, 0.2) is 10.7 Å². The van der Waals surface area contributed by atoms with Crippen molar-refractivity contribution in [3.8, 4) is 0 Å². The van der Waals surface area contributed by atoms with E-state index in [1.54, 1.807) is 0 Å². The lowest BCUT2D eigenvalue weighted by molar-refractivity contribution is -0.162. The summed E-state index contributed by atoms with van der Waals surface area (Å²) in [5.41, 5.74) is 0.507. The standard InChI is InChI=1S/C21H22ClF3N4O2S/c1-28-10-21(11-28)6-5-20(21)7-8-29(12-20)14-9-13(23)19(18(25)17(14)22)32(30,31)27-16-4-2-3-15(24)26-16/h2-4,9H,5-8,10-12H2,1H3,(H,26,27). The van der Waals surface area contributed by atoms with E-state index in [2.05, 4.69) is 16.9 Å². The predicted octanol–water partition coefficient (Wildman–Crippen LogP) is 3.88. The van der Waals surface area contributed by atoms with Crippen molar-refractivity contribution in [2.75, 3.05) is 42.8 Å². The number of halogens is 4. The molecule has 6 nitrogen and oxygen atoms in total. The Morgan fingerprint density at radius 1 is 1.09 bits per heavy atom. The fourth-order valence-electron chi connectivity index (χ4n) is 5.72. The monoisotopic (exact) mass is 486 g/mol. The van der Waals surface area contributed by atoms with E-state index in [0.29, 0.717) is 13.1 Å². The molecule has 1 N–H and O–H groups in total. The first-order valence-electron chi connectivity index (χ1n) is 10.3. The van der Waals surface area contributed by atoms with Crippen LogP contribution in [0, 0.1) is 28.4 Å². The fourth-order valence-corrected chi connectivity index (χ4v) is 7.19. The Kier molecular flexibility index (Phi) is 4.92. The van der Waals surface area contributed by atoms with Crippen LogP contribution in [-0.2, 0) is 10.0 Å². The molecule has 0 bridgehead atoms. The maximum atomic E-state index is 15.1. The van der Waals surface area contributed by atoms with E-state index in [4.69, 9.17) is 11.6 Å². The highest BCUT2D eigenvalue weighted by Crippen LogP contribution is 2.65. The van der Waals surface area contributed by atoms with Gasteiger partial charge in [-0.3, -0.25) is 4.72 Å². The molecule has 2 aliphatic heterocycles. The van der Waals surface area contributed by atoms with Crippen molar-refractivity contribution < 1.29 is 21.6 Å². The van der Waals surface area contributed by atoms with E-state index in [-0.39, 0.29) is 16.5 Å². The summed E-state index contributed by atoms with van der Waals surface area (Å²) in [5, 5.41) is -0.449. The summed E-state index contributed by atoms with van der Waals surface area (Å²) in [6, 6.07) is 4.37. The van der Waals surface area contributed by atoms with Crippen LogP contribution in [0.1, 0.15) is 19.3 Å². The molecule has 2 saturated heterocycles. The predicted molar refractivity (Wildman–Crippen MR) is 115 cm³/mol. The van der Waals surface area contributed by atoms with Gasteiger partial charge in [-0.15, -0.1) is 0 Å². The van der Waals surface area contributed by atoms with Gasteiger partial charge in [-0.1, -0.05) is 17.7 Å². The van der Waals surface area contributed by atoms with E-state index in [9.17, 15) is 17.2 Å². The van der Waals surface area contributed by atoms with Gasteiger partial charge < -0.3 is 9.80 Å². The highest BCUT2D eigenvalue weighted by molar-refractivity contribution is 7.92. The van der Waals surface area contributed by atoms with Gasteiger partial charge in [-0.25, -0.2) is 22.2 Å². The molecule has 3 aliphatic rings. The molecule has 0 radical (unpaired) electrons. The number of rotatable bonds is 4. The van der Waals surface area contributed by atoms with Crippen molar-refractivity contribution >= 4 is 33.1 Å². The van der Waals surface area contributed by atoms with Crippen molar-refractivity contribution in [1.82, 2.24) is 9.88 Å². The van der Waals surface area contributed by atoms with Crippen LogP contribution < -0.4 is 9.62 Å². The van der Waals surface area contributed by atoms with Crippen LogP contribution in [0.25, 0.3) is 0 Å². The Labute approximate surface area is 189 Å². The number of hydrogen-bond donors (Lipinski definition) is 1. The van der Waals surface area contributed by atoms with Crippen LogP contribution in [-0.4, -0.2) is 51.5 Å². The Morgan fingerprint density at radius 3 is 2.44 bits per heavy atom. The average Bonchev–Trinajstić information content (AvgIpc) is 3.14. The van der Waals surface area contributed by atoms with Crippen molar-refractivity contribution in [2.45, 2.75) is 24.2 Å². The summed E-state index contributed by atoms with van der Waals surface area (Å²) in [6.45, 7) is 3.28. The van der Waals surface area contributed by atoms with Crippen molar-refractivity contribution in [1.29, 1.82) is 0 Å². The Morgan fingerprint density at radius 2 is 1.81 bits per heavy atom. The number of anilines is 2. The SMILES string of the molecule is CN1CC2(CCC23CCN(c2cc(F)c(S(=O)(=O)Nc4cccc(F)n4)c(F)c2Cl)C3)C1. The van der Waals surface area contributed by atoms with Crippen molar-refractivity contribution in [2.24, 2.45) is 10.8 Å². The number of likely N-dealkylation sites (tertiary alicyclic amines) is 1. The molecule has 2 aromatic rings. The lowest BCUT2D eigenvalue weighted by Crippen LogP contribution is -2.69. The number of nitrogens with one attached hydrogen (secondary N) is 1. The van der Waals surface area contributed by atoms with Crippen LogP contribution in [0.5, 0.6) is 0 Å². The van der Waals surface area contributed by atoms with Gasteiger partial charge in [0.05, 0.1) is 5.69 Å². The lowest BCUT2D eigenvalue weighted by Gasteiger charge is -2.66. The minimum absolute atomic E-state index is 0.102. The first-order chi connectivity index (χ1) is 15.1. The second kappa shape index (κ2) is 7.23. The Hall–Kier alpha value is -2.04. The Balaban J connectivity index is 1.43. The number of aromatic nitrogens is 1. The zero-order valence-electron chi connectivity index (χ0n) is 17.3. The molecule has 32 heavy (non-hydrogen) atoms. The Bertz CT molecular complexity index is 1210. The third-order valence-corrected chi connectivity index (χ3v) is 9.12. The van der Waals surface area contributed by atoms with Gasteiger partial charge in [0.25, 0.3) is 10.0 Å². The molecule has 1 atom stereocenters. The van der Waals surface area contributed by atoms with Crippen LogP contribution in [0.2, 0.25) is 5.02 Å². The molecule has 1 aromatic carbocycles. The quantitative estimate of drug-likeness (QED) is 0.525. The first-order valence-corrected chi connectivity index (χ1v) is 12.2. The third kappa shape index (κ3) is 3.18. The minimum Gasteiger partial charge on any atom is -0.370 e. The second-order valence-corrected chi connectivity index (χ2v) is 11.2. The van der Waals surface area contributed by atoms with Gasteiger partial charge in [-0.05, 0) is 43.9 Å². The molecular formula is C21H22ClF3N4O2S. The van der Waals surface area contributed by atoms with E-state index >= 15 is 4.39 Å². The maximum absolute atomic E-state index is 15.1. The number of pyridine rings is 1. The fraction of sp³-hybridized carbons (Fsp3) is 0.476. The topological polar surface area (TPSA) is 65.5 Å². The number of nitrogens with zero attached hydrogens (tertiary/aromatic N) is 3. The molecule has 1 aliphatic carbocycles. The molecule has 1 unspecified atom stereocenters. The van der Waals surface area contributed by atoms with Crippen molar-refractivity contribution in [3.05, 3.63) is 46.9 Å². The van der Waals surface area contributed by atoms with Gasteiger partial charge in [-0.2, -0.15) is 4.39 Å². The van der Waals surface area contributed by atoms with Gasteiger partial charge in [0, 0.05) is 37.7 Å². The molecular weight excluding hydrogens is 465 g/mol. The molecule has 172 valence electrons. The lowest BCUT2D eigenvalue weighted by atomic mass is 9.45. The molecule has 11 heteroatoms. The first kappa shape index (κ1) is 21.8. The zero-order valence-corrected chi connectivity index (χ0v) is 18.9. The van der Waals surface area contributed by atoms with Crippen LogP contribution in [0.4, 0.5) is 24.7 Å². The number of hydrogen-bond acceptors (Lipinski definition) is 5. The molecule has 1 saturated carbocycles. The molecule has 3 fully saturated rings. The van der Waals surface area contributed by atoms with Crippen LogP contribution in [0.3, 0.4) is 0 Å². The molecule has 1 aromatic heterocycles. The van der Waals surface area contributed by atoms with Gasteiger partial charge in [0.2, 0.25) is 5.95 Å². The number of sulfonamides is 1. The molecule has 2 spiro atoms. The highest BCUT2D eigenvalue weighted by atomic mass is 35.5.